The van der Waals surface area contributed by atoms with Gasteiger partial charge in [-0.05, 0) is 47.9 Å². The molecule has 152 valence electrons. The van der Waals surface area contributed by atoms with E-state index in [9.17, 15) is 4.79 Å². The number of anilines is 2. The molecule has 6 nitrogen and oxygen atoms in total. The molecule has 6 heteroatoms. The molecule has 1 aromatic heterocycles. The Bertz CT molecular complexity index is 1080. The lowest BCUT2D eigenvalue weighted by Gasteiger charge is -2.09. The van der Waals surface area contributed by atoms with Gasteiger partial charge < -0.3 is 20.1 Å². The van der Waals surface area contributed by atoms with Crippen molar-refractivity contribution in [1.82, 2.24) is 4.98 Å². The molecule has 0 atom stereocenters. The van der Waals surface area contributed by atoms with Gasteiger partial charge in [0.1, 0.15) is 0 Å². The van der Waals surface area contributed by atoms with Crippen molar-refractivity contribution in [3.8, 4) is 22.6 Å². The number of nitrogens with zero attached hydrogens (tertiary/aromatic N) is 1. The van der Waals surface area contributed by atoms with Gasteiger partial charge in [0.05, 0.1) is 19.9 Å². The zero-order valence-corrected chi connectivity index (χ0v) is 16.9. The van der Waals surface area contributed by atoms with Crippen molar-refractivity contribution in [1.29, 1.82) is 0 Å². The van der Waals surface area contributed by atoms with Crippen LogP contribution in [0.15, 0.2) is 67.0 Å². The van der Waals surface area contributed by atoms with Crippen LogP contribution in [0.4, 0.5) is 11.4 Å². The summed E-state index contributed by atoms with van der Waals surface area (Å²) >= 11 is 0. The lowest BCUT2D eigenvalue weighted by Crippen LogP contribution is -2.05. The molecule has 0 aliphatic carbocycles. The number of methoxy groups -OCH3 is 2. The highest BCUT2D eigenvalue weighted by Gasteiger charge is 2.26. The molecule has 0 bridgehead atoms. The molecule has 0 spiro atoms. The molecular formula is C24H23N3O3. The fourth-order valence-corrected chi connectivity index (χ4v) is 3.48. The number of aromatic nitrogens is 1. The number of rotatable bonds is 7. The smallest absolute Gasteiger partial charge is 0.256 e. The molecule has 2 aromatic carbocycles. The second kappa shape index (κ2) is 8.69. The zero-order chi connectivity index (χ0) is 20.9. The minimum Gasteiger partial charge on any atom is -0.493 e. The molecule has 0 unspecified atom stereocenters. The molecule has 3 aromatic rings. The maximum atomic E-state index is 12.4. The summed E-state index contributed by atoms with van der Waals surface area (Å²) in [4.78, 5) is 16.4. The van der Waals surface area contributed by atoms with Crippen molar-refractivity contribution in [2.24, 2.45) is 0 Å². The number of pyridine rings is 1. The Labute approximate surface area is 175 Å². The van der Waals surface area contributed by atoms with Gasteiger partial charge in [0.25, 0.3) is 5.91 Å². The SMILES string of the molecule is COc1cc2c(cc1OC)C(=CCCNc1ccc(-c3ccncc3)cc1)C(=O)N2. The lowest BCUT2D eigenvalue weighted by molar-refractivity contribution is -0.110. The van der Waals surface area contributed by atoms with Crippen LogP contribution in [0.2, 0.25) is 0 Å². The van der Waals surface area contributed by atoms with Crippen LogP contribution in [-0.2, 0) is 4.79 Å². The number of carbonyl (C=O) groups excluding carboxylic acids is 1. The third-order valence-corrected chi connectivity index (χ3v) is 5.03. The molecule has 4 rings (SSSR count). The van der Waals surface area contributed by atoms with E-state index in [0.29, 0.717) is 30.0 Å². The average Bonchev–Trinajstić information content (AvgIpc) is 3.10. The average molecular weight is 401 g/mol. The first-order valence-electron chi connectivity index (χ1n) is 9.72. The summed E-state index contributed by atoms with van der Waals surface area (Å²) in [7, 11) is 3.16. The predicted octanol–water partition coefficient (Wildman–Crippen LogP) is 4.60. The fraction of sp³-hybridized carbons (Fsp3) is 0.167. The second-order valence-electron chi connectivity index (χ2n) is 6.85. The number of hydrogen-bond acceptors (Lipinski definition) is 5. The van der Waals surface area contributed by atoms with Crippen molar-refractivity contribution >= 4 is 22.9 Å². The van der Waals surface area contributed by atoms with Gasteiger partial charge in [-0.15, -0.1) is 0 Å². The fourth-order valence-electron chi connectivity index (χ4n) is 3.48. The molecule has 0 radical (unpaired) electrons. The standard InChI is InChI=1S/C24H23N3O3/c1-29-22-14-20-19(24(28)27-21(20)15-23(22)30-2)4-3-11-26-18-7-5-16(6-8-18)17-9-12-25-13-10-17/h4-10,12-15,26H,3,11H2,1-2H3,(H,27,28). The Morgan fingerprint density at radius 3 is 2.33 bits per heavy atom. The predicted molar refractivity (Wildman–Crippen MR) is 119 cm³/mol. The largest absolute Gasteiger partial charge is 0.493 e. The highest BCUT2D eigenvalue weighted by atomic mass is 16.5. The van der Waals surface area contributed by atoms with Crippen LogP contribution >= 0.6 is 0 Å². The van der Waals surface area contributed by atoms with Crippen LogP contribution in [0.25, 0.3) is 16.7 Å². The monoisotopic (exact) mass is 401 g/mol. The van der Waals surface area contributed by atoms with Crippen molar-refractivity contribution in [3.63, 3.8) is 0 Å². The first-order chi connectivity index (χ1) is 14.7. The summed E-state index contributed by atoms with van der Waals surface area (Å²) < 4.78 is 10.7. The Kier molecular flexibility index (Phi) is 5.66. The summed E-state index contributed by atoms with van der Waals surface area (Å²) in [5.41, 5.74) is 5.55. The second-order valence-corrected chi connectivity index (χ2v) is 6.85. The number of benzene rings is 2. The van der Waals surface area contributed by atoms with Crippen LogP contribution in [0.1, 0.15) is 12.0 Å². The van der Waals surface area contributed by atoms with Crippen LogP contribution in [0, 0.1) is 0 Å². The molecule has 1 aliphatic heterocycles. The third kappa shape index (κ3) is 3.98. The van der Waals surface area contributed by atoms with E-state index in [-0.39, 0.29) is 5.91 Å². The Hall–Kier alpha value is -3.80. The Morgan fingerprint density at radius 1 is 0.967 bits per heavy atom. The van der Waals surface area contributed by atoms with E-state index < -0.39 is 0 Å². The third-order valence-electron chi connectivity index (χ3n) is 5.03. The number of nitrogens with one attached hydrogen (secondary N) is 2. The van der Waals surface area contributed by atoms with Gasteiger partial charge in [0.15, 0.2) is 11.5 Å². The van der Waals surface area contributed by atoms with Crippen LogP contribution in [0.5, 0.6) is 11.5 Å². The summed E-state index contributed by atoms with van der Waals surface area (Å²) in [5, 5.41) is 6.28. The van der Waals surface area contributed by atoms with Crippen LogP contribution in [-0.4, -0.2) is 31.7 Å². The van der Waals surface area contributed by atoms with E-state index in [4.69, 9.17) is 9.47 Å². The van der Waals surface area contributed by atoms with Crippen molar-refractivity contribution in [2.75, 3.05) is 31.4 Å². The summed E-state index contributed by atoms with van der Waals surface area (Å²) in [6.45, 7) is 0.716. The number of amides is 1. The minimum absolute atomic E-state index is 0.109. The molecule has 0 saturated carbocycles. The van der Waals surface area contributed by atoms with Gasteiger partial charge in [-0.25, -0.2) is 0 Å². The van der Waals surface area contributed by atoms with Gasteiger partial charge >= 0.3 is 0 Å². The van der Waals surface area contributed by atoms with Gasteiger partial charge in [0.2, 0.25) is 0 Å². The van der Waals surface area contributed by atoms with Gasteiger partial charge in [0, 0.05) is 41.8 Å². The van der Waals surface area contributed by atoms with E-state index in [1.54, 1.807) is 32.7 Å². The van der Waals surface area contributed by atoms with Crippen LogP contribution in [0.3, 0.4) is 0 Å². The first kappa shape index (κ1) is 19.5. The molecule has 0 fully saturated rings. The quantitative estimate of drug-likeness (QED) is 0.447. The highest BCUT2D eigenvalue weighted by molar-refractivity contribution is 6.31. The van der Waals surface area contributed by atoms with Gasteiger partial charge in [-0.1, -0.05) is 18.2 Å². The van der Waals surface area contributed by atoms with E-state index >= 15 is 0 Å². The molecule has 2 heterocycles. The molecule has 1 aliphatic rings. The maximum Gasteiger partial charge on any atom is 0.256 e. The normalized spacial score (nSPS) is 13.7. The molecule has 1 amide bonds. The Balaban J connectivity index is 1.40. The van der Waals surface area contributed by atoms with Crippen molar-refractivity contribution < 1.29 is 14.3 Å². The van der Waals surface area contributed by atoms with Crippen molar-refractivity contribution in [3.05, 3.63) is 72.6 Å². The summed E-state index contributed by atoms with van der Waals surface area (Å²) in [5.74, 6) is 1.09. The summed E-state index contributed by atoms with van der Waals surface area (Å²) in [6.07, 6.45) is 6.24. The van der Waals surface area contributed by atoms with Gasteiger partial charge in [-0.3, -0.25) is 9.78 Å². The number of hydrogen-bond donors (Lipinski definition) is 2. The number of fused-ring (bicyclic) bond motifs is 1. The van der Waals surface area contributed by atoms with E-state index in [2.05, 4.69) is 39.9 Å². The number of ether oxygens (including phenoxy) is 2. The number of carbonyl (C=O) groups is 1. The molecule has 30 heavy (non-hydrogen) atoms. The first-order valence-corrected chi connectivity index (χ1v) is 9.72. The Morgan fingerprint density at radius 2 is 1.63 bits per heavy atom. The highest BCUT2D eigenvalue weighted by Crippen LogP contribution is 2.40. The molecular weight excluding hydrogens is 378 g/mol. The zero-order valence-electron chi connectivity index (χ0n) is 16.9. The van der Waals surface area contributed by atoms with E-state index in [1.165, 1.54) is 0 Å². The topological polar surface area (TPSA) is 72.5 Å². The maximum absolute atomic E-state index is 12.4. The van der Waals surface area contributed by atoms with Gasteiger partial charge in [-0.2, -0.15) is 0 Å². The van der Waals surface area contributed by atoms with Crippen LogP contribution < -0.4 is 20.1 Å². The minimum atomic E-state index is -0.109. The van der Waals surface area contributed by atoms with Crippen molar-refractivity contribution in [2.45, 2.75) is 6.42 Å². The van der Waals surface area contributed by atoms with E-state index in [1.807, 2.05) is 24.3 Å². The molecule has 2 N–H and O–H groups in total. The lowest BCUT2D eigenvalue weighted by atomic mass is 10.0. The molecule has 0 saturated heterocycles. The summed E-state index contributed by atoms with van der Waals surface area (Å²) in [6, 6.07) is 15.9. The van der Waals surface area contributed by atoms with E-state index in [0.717, 1.165) is 28.1 Å².